The maximum Gasteiger partial charge on any atom is 0.151 e. The van der Waals surface area contributed by atoms with Crippen LogP contribution in [-0.2, 0) is 14.1 Å². The third-order valence-corrected chi connectivity index (χ3v) is 4.10. The number of hydrogen-bond acceptors (Lipinski definition) is 2. The number of benzene rings is 2. The van der Waals surface area contributed by atoms with Crippen molar-refractivity contribution in [3.63, 3.8) is 0 Å². The first kappa shape index (κ1) is 22.4. The predicted molar refractivity (Wildman–Crippen MR) is 114 cm³/mol. The Morgan fingerprint density at radius 2 is 1.22 bits per heavy atom. The minimum absolute atomic E-state index is 0.254. The first-order valence-corrected chi connectivity index (χ1v) is 9.44. The topological polar surface area (TPSA) is 35.6 Å². The Balaban J connectivity index is 0.000000229. The second-order valence-electron chi connectivity index (χ2n) is 5.53. The van der Waals surface area contributed by atoms with Crippen molar-refractivity contribution in [2.75, 3.05) is 0 Å². The molecule has 27 heavy (non-hydrogen) atoms. The van der Waals surface area contributed by atoms with Gasteiger partial charge in [0.05, 0.1) is 16.6 Å². The van der Waals surface area contributed by atoms with Crippen LogP contribution in [0.4, 0.5) is 4.39 Å². The molecule has 0 spiro atoms. The van der Waals surface area contributed by atoms with E-state index in [1.165, 1.54) is 11.6 Å². The Morgan fingerprint density at radius 3 is 1.81 bits per heavy atom. The highest BCUT2D eigenvalue weighted by molar-refractivity contribution is 5.76. The van der Waals surface area contributed by atoms with Crippen molar-refractivity contribution in [3.8, 4) is 0 Å². The molecule has 0 aliphatic rings. The van der Waals surface area contributed by atoms with Gasteiger partial charge in [0.1, 0.15) is 17.2 Å². The van der Waals surface area contributed by atoms with E-state index < -0.39 is 0 Å². The summed E-state index contributed by atoms with van der Waals surface area (Å²) in [6.45, 7) is 11.9. The summed E-state index contributed by atoms with van der Waals surface area (Å²) in [6, 6.07) is 13.1. The van der Waals surface area contributed by atoms with Gasteiger partial charge in [-0.1, -0.05) is 45.9 Å². The average molecular weight is 371 g/mol. The monoisotopic (exact) mass is 370 g/mol. The molecule has 0 N–H and O–H groups in total. The van der Waals surface area contributed by atoms with Gasteiger partial charge in [-0.15, -0.1) is 0 Å². The fourth-order valence-corrected chi connectivity index (χ4v) is 2.56. The largest absolute Gasteiger partial charge is 0.331 e. The number of nitrogens with zero attached hydrogens (tertiary/aromatic N) is 4. The Bertz CT molecular complexity index is 983. The number of rotatable bonds is 0. The van der Waals surface area contributed by atoms with E-state index in [1.54, 1.807) is 6.07 Å². The van der Waals surface area contributed by atoms with Gasteiger partial charge in [0, 0.05) is 14.1 Å². The lowest BCUT2D eigenvalue weighted by Crippen LogP contribution is -1.89. The van der Waals surface area contributed by atoms with Crippen LogP contribution in [0.5, 0.6) is 0 Å². The highest BCUT2D eigenvalue weighted by Crippen LogP contribution is 2.16. The summed E-state index contributed by atoms with van der Waals surface area (Å²) in [4.78, 5) is 8.48. The van der Waals surface area contributed by atoms with E-state index in [-0.39, 0.29) is 5.82 Å². The molecule has 0 saturated carbocycles. The summed E-state index contributed by atoms with van der Waals surface area (Å²) in [5, 5.41) is 0. The van der Waals surface area contributed by atoms with Crippen LogP contribution in [0.1, 0.15) is 39.3 Å². The maximum absolute atomic E-state index is 13.1. The Labute approximate surface area is 161 Å². The molecule has 0 unspecified atom stereocenters. The molecule has 4 nitrogen and oxygen atoms in total. The summed E-state index contributed by atoms with van der Waals surface area (Å²) in [7, 11) is 3.91. The highest BCUT2D eigenvalue weighted by Gasteiger charge is 2.06. The quantitative estimate of drug-likeness (QED) is 0.383. The number of hydrogen-bond donors (Lipinski definition) is 0. The Kier molecular flexibility index (Phi) is 8.66. The Morgan fingerprint density at radius 1 is 0.704 bits per heavy atom. The number of fused-ring (bicyclic) bond motifs is 2. The molecule has 0 aliphatic heterocycles. The molecular weight excluding hydrogens is 339 g/mol. The molecule has 0 bridgehead atoms. The fourth-order valence-electron chi connectivity index (χ4n) is 2.56. The van der Waals surface area contributed by atoms with Crippen LogP contribution >= 0.6 is 0 Å². The smallest absolute Gasteiger partial charge is 0.151 e. The van der Waals surface area contributed by atoms with Gasteiger partial charge in [0.15, 0.2) is 5.82 Å². The van der Waals surface area contributed by atoms with E-state index in [2.05, 4.69) is 20.6 Å². The summed E-state index contributed by atoms with van der Waals surface area (Å²) < 4.78 is 17.1. The molecule has 4 aromatic rings. The average Bonchev–Trinajstić information content (AvgIpc) is 3.17. The second kappa shape index (κ2) is 10.5. The maximum atomic E-state index is 13.1. The molecule has 0 aliphatic carbocycles. The predicted octanol–water partition coefficient (Wildman–Crippen LogP) is 5.95. The van der Waals surface area contributed by atoms with E-state index in [4.69, 9.17) is 0 Å². The van der Waals surface area contributed by atoms with E-state index in [1.807, 2.05) is 84.5 Å². The van der Waals surface area contributed by atoms with E-state index in [0.717, 1.165) is 22.7 Å². The molecular formula is C22H31FN4. The molecule has 2 heterocycles. The molecule has 0 radical (unpaired) electrons. The van der Waals surface area contributed by atoms with Crippen LogP contribution in [-0.4, -0.2) is 19.1 Å². The summed E-state index contributed by atoms with van der Waals surface area (Å²) >= 11 is 0. The van der Waals surface area contributed by atoms with Gasteiger partial charge in [-0.2, -0.15) is 0 Å². The van der Waals surface area contributed by atoms with Crippen molar-refractivity contribution in [2.24, 2.45) is 14.1 Å². The zero-order chi connectivity index (χ0) is 20.6. The second-order valence-corrected chi connectivity index (χ2v) is 5.53. The number of para-hydroxylation sites is 3. The van der Waals surface area contributed by atoms with E-state index in [0.29, 0.717) is 5.52 Å². The lowest BCUT2D eigenvalue weighted by atomic mass is 10.3. The van der Waals surface area contributed by atoms with Crippen molar-refractivity contribution in [1.82, 2.24) is 19.1 Å². The van der Waals surface area contributed by atoms with Gasteiger partial charge >= 0.3 is 0 Å². The Hall–Kier alpha value is -2.69. The zero-order valence-electron chi connectivity index (χ0n) is 17.7. The number of aromatic nitrogens is 4. The highest BCUT2D eigenvalue weighted by atomic mass is 19.1. The summed E-state index contributed by atoms with van der Waals surface area (Å²) in [5.74, 6) is 1.64. The lowest BCUT2D eigenvalue weighted by Gasteiger charge is -1.94. The molecule has 0 saturated heterocycles. The van der Waals surface area contributed by atoms with E-state index in [9.17, 15) is 4.39 Å². The molecule has 2 aromatic carbocycles. The normalized spacial score (nSPS) is 9.67. The van der Waals surface area contributed by atoms with Crippen LogP contribution in [0.15, 0.2) is 42.5 Å². The van der Waals surface area contributed by atoms with Crippen molar-refractivity contribution in [3.05, 3.63) is 59.9 Å². The number of halogens is 1. The fraction of sp³-hybridized carbons (Fsp3) is 0.364. The molecule has 4 rings (SSSR count). The third-order valence-electron chi connectivity index (χ3n) is 4.10. The summed E-state index contributed by atoms with van der Waals surface area (Å²) in [5.41, 5.74) is 3.57. The van der Waals surface area contributed by atoms with Crippen molar-refractivity contribution >= 4 is 22.1 Å². The minimum Gasteiger partial charge on any atom is -0.331 e. The van der Waals surface area contributed by atoms with Crippen molar-refractivity contribution < 1.29 is 4.39 Å². The number of imidazole rings is 2. The molecule has 0 amide bonds. The third kappa shape index (κ3) is 4.94. The van der Waals surface area contributed by atoms with Crippen LogP contribution in [0.25, 0.3) is 22.1 Å². The molecule has 2 aromatic heterocycles. The molecule has 0 fully saturated rings. The lowest BCUT2D eigenvalue weighted by molar-refractivity contribution is 0.637. The van der Waals surface area contributed by atoms with Crippen molar-refractivity contribution in [1.29, 1.82) is 0 Å². The molecule has 5 heteroatoms. The van der Waals surface area contributed by atoms with Gasteiger partial charge in [-0.25, -0.2) is 14.4 Å². The first-order valence-electron chi connectivity index (χ1n) is 9.44. The SMILES string of the molecule is CC.CC.Cc1nc2c(F)cccc2n1C.Cc1nc2ccccc2n1C. The van der Waals surface area contributed by atoms with Gasteiger partial charge in [-0.3, -0.25) is 0 Å². The first-order chi connectivity index (χ1) is 13.0. The van der Waals surface area contributed by atoms with Gasteiger partial charge in [0.25, 0.3) is 0 Å². The van der Waals surface area contributed by atoms with Gasteiger partial charge in [-0.05, 0) is 38.1 Å². The minimum atomic E-state index is -0.254. The molecule has 0 atom stereocenters. The van der Waals surface area contributed by atoms with Crippen LogP contribution in [0, 0.1) is 19.7 Å². The molecule has 146 valence electrons. The summed E-state index contributed by atoms with van der Waals surface area (Å²) in [6.07, 6.45) is 0. The van der Waals surface area contributed by atoms with Crippen LogP contribution < -0.4 is 0 Å². The van der Waals surface area contributed by atoms with Gasteiger partial charge < -0.3 is 9.13 Å². The van der Waals surface area contributed by atoms with Crippen LogP contribution in [0.2, 0.25) is 0 Å². The van der Waals surface area contributed by atoms with Gasteiger partial charge in [0.2, 0.25) is 0 Å². The number of aryl methyl sites for hydroxylation is 4. The standard InChI is InChI=1S/C9H9FN2.C9H10N2.2C2H6/c1-6-11-9-7(10)4-3-5-8(9)12(6)2;1-7-10-8-5-3-4-6-9(8)11(7)2;2*1-2/h3-5H,1-2H3;3-6H,1-2H3;2*1-2H3. The van der Waals surface area contributed by atoms with Crippen LogP contribution in [0.3, 0.4) is 0 Å². The van der Waals surface area contributed by atoms with Crippen molar-refractivity contribution in [2.45, 2.75) is 41.5 Å². The zero-order valence-corrected chi connectivity index (χ0v) is 17.7. The van der Waals surface area contributed by atoms with E-state index >= 15 is 0 Å².